The minimum atomic E-state index is -3.70. The van der Waals surface area contributed by atoms with Crippen LogP contribution in [0.4, 0.5) is 5.69 Å². The van der Waals surface area contributed by atoms with Crippen molar-refractivity contribution < 1.29 is 22.7 Å². The Morgan fingerprint density at radius 3 is 2.52 bits per heavy atom. The van der Waals surface area contributed by atoms with Gasteiger partial charge in [-0.25, -0.2) is 8.42 Å². The third-order valence-electron chi connectivity index (χ3n) is 7.50. The largest absolute Gasteiger partial charge is 0.492 e. The molecule has 3 heterocycles. The number of morpholine rings is 1. The lowest BCUT2D eigenvalue weighted by Crippen LogP contribution is -2.40. The highest BCUT2D eigenvalue weighted by Gasteiger charge is 2.33. The van der Waals surface area contributed by atoms with Crippen molar-refractivity contribution in [2.75, 3.05) is 44.9 Å². The maximum Gasteiger partial charge on any atom is 0.258 e. The molecular weight excluding hydrogens is 526 g/mol. The standard InChI is InChI=1S/C31H31N3O5S/c1-22-7-9-24(10-8-22)39-18-13-33-21-23(26-5-3-4-6-30(26)33)19-28-27-20-25(11-12-29(27)32(2)31(28)35)40(36,37)34-14-16-38-17-15-34/h3-12,19-21H,13-18H2,1-2H3/b28-19-. The zero-order valence-electron chi connectivity index (χ0n) is 22.5. The molecule has 8 nitrogen and oxygen atoms in total. The number of likely N-dealkylation sites (N-methyl/N-ethyl adjacent to an activating group) is 1. The minimum Gasteiger partial charge on any atom is -0.492 e. The van der Waals surface area contributed by atoms with Crippen LogP contribution >= 0.6 is 0 Å². The number of amides is 1. The highest BCUT2D eigenvalue weighted by Crippen LogP contribution is 2.39. The van der Waals surface area contributed by atoms with Crippen molar-refractivity contribution in [2.24, 2.45) is 0 Å². The zero-order valence-corrected chi connectivity index (χ0v) is 23.4. The van der Waals surface area contributed by atoms with Crippen LogP contribution in [0.15, 0.2) is 77.8 Å². The van der Waals surface area contributed by atoms with Crippen molar-refractivity contribution in [3.63, 3.8) is 0 Å². The zero-order chi connectivity index (χ0) is 27.9. The molecule has 1 saturated heterocycles. The van der Waals surface area contributed by atoms with Crippen LogP contribution in [-0.2, 0) is 26.1 Å². The second-order valence-electron chi connectivity index (χ2n) is 10.1. The quantitative estimate of drug-likeness (QED) is 0.311. The van der Waals surface area contributed by atoms with Gasteiger partial charge in [-0.2, -0.15) is 4.31 Å². The van der Waals surface area contributed by atoms with Crippen LogP contribution in [0.1, 0.15) is 16.7 Å². The van der Waals surface area contributed by atoms with E-state index >= 15 is 0 Å². The third-order valence-corrected chi connectivity index (χ3v) is 9.40. The molecule has 6 rings (SSSR count). The second-order valence-corrected chi connectivity index (χ2v) is 12.0. The monoisotopic (exact) mass is 557 g/mol. The number of hydrogen-bond acceptors (Lipinski definition) is 5. The second kappa shape index (κ2) is 10.6. The van der Waals surface area contributed by atoms with Crippen molar-refractivity contribution in [1.29, 1.82) is 0 Å². The first kappa shape index (κ1) is 26.3. The summed E-state index contributed by atoms with van der Waals surface area (Å²) >= 11 is 0. The van der Waals surface area contributed by atoms with Gasteiger partial charge in [-0.3, -0.25) is 4.79 Å². The number of aryl methyl sites for hydroxylation is 1. The van der Waals surface area contributed by atoms with Gasteiger partial charge in [0, 0.05) is 53.9 Å². The maximum absolute atomic E-state index is 13.4. The Hall–Kier alpha value is -3.92. The molecule has 0 spiro atoms. The molecular formula is C31H31N3O5S. The molecule has 0 radical (unpaired) electrons. The van der Waals surface area contributed by atoms with Gasteiger partial charge in [-0.15, -0.1) is 0 Å². The highest BCUT2D eigenvalue weighted by molar-refractivity contribution is 7.89. The number of nitrogens with zero attached hydrogens (tertiary/aromatic N) is 3. The third kappa shape index (κ3) is 4.81. The summed E-state index contributed by atoms with van der Waals surface area (Å²) in [4.78, 5) is 15.1. The molecule has 4 aromatic rings. The lowest BCUT2D eigenvalue weighted by atomic mass is 10.0. The van der Waals surface area contributed by atoms with E-state index in [1.807, 2.05) is 67.7 Å². The molecule has 2 aliphatic heterocycles. The summed E-state index contributed by atoms with van der Waals surface area (Å²) in [5.41, 5.74) is 4.87. The Kier molecular flexibility index (Phi) is 6.95. The average molecular weight is 558 g/mol. The highest BCUT2D eigenvalue weighted by atomic mass is 32.2. The summed E-state index contributed by atoms with van der Waals surface area (Å²) in [5.74, 6) is 0.652. The normalized spacial score (nSPS) is 17.1. The van der Waals surface area contributed by atoms with Crippen LogP contribution in [0.25, 0.3) is 22.6 Å². The molecule has 0 atom stereocenters. The summed E-state index contributed by atoms with van der Waals surface area (Å²) in [7, 11) is -1.99. The van der Waals surface area contributed by atoms with E-state index in [2.05, 4.69) is 4.57 Å². The van der Waals surface area contributed by atoms with Crippen LogP contribution in [0, 0.1) is 6.92 Å². The Bertz CT molecular complexity index is 1720. The van der Waals surface area contributed by atoms with Gasteiger partial charge in [-0.05, 0) is 49.4 Å². The molecule has 3 aromatic carbocycles. The van der Waals surface area contributed by atoms with E-state index < -0.39 is 10.0 Å². The summed E-state index contributed by atoms with van der Waals surface area (Å²) in [5, 5.41) is 1.01. The van der Waals surface area contributed by atoms with Crippen molar-refractivity contribution in [3.05, 3.63) is 89.6 Å². The Morgan fingerprint density at radius 2 is 1.75 bits per heavy atom. The smallest absolute Gasteiger partial charge is 0.258 e. The van der Waals surface area contributed by atoms with Crippen LogP contribution in [-0.4, -0.2) is 63.2 Å². The molecule has 1 fully saturated rings. The first-order valence-electron chi connectivity index (χ1n) is 13.3. The molecule has 206 valence electrons. The fraction of sp³-hybridized carbons (Fsp3) is 0.258. The number of ether oxygens (including phenoxy) is 2. The minimum absolute atomic E-state index is 0.171. The topological polar surface area (TPSA) is 81.1 Å². The molecule has 9 heteroatoms. The number of benzene rings is 3. The van der Waals surface area contributed by atoms with Gasteiger partial charge >= 0.3 is 0 Å². The van der Waals surface area contributed by atoms with Gasteiger partial charge in [0.25, 0.3) is 5.91 Å². The SMILES string of the molecule is Cc1ccc(OCCn2cc(/C=C3\C(=O)N(C)c4ccc(S(=O)(=O)N5CCOCC5)cc43)c3ccccc32)cc1. The van der Waals surface area contributed by atoms with Crippen LogP contribution in [0.5, 0.6) is 5.75 Å². The Labute approximate surface area is 234 Å². The molecule has 0 unspecified atom stereocenters. The summed E-state index contributed by atoms with van der Waals surface area (Å²) in [6.07, 6.45) is 3.89. The Balaban J connectivity index is 1.34. The fourth-order valence-electron chi connectivity index (χ4n) is 5.29. The molecule has 0 saturated carbocycles. The van der Waals surface area contributed by atoms with Crippen molar-refractivity contribution in [3.8, 4) is 5.75 Å². The molecule has 2 aliphatic rings. The summed E-state index contributed by atoms with van der Waals surface area (Å²) in [6, 6.07) is 20.9. The molecule has 1 amide bonds. The van der Waals surface area contributed by atoms with E-state index in [1.165, 1.54) is 9.87 Å². The molecule has 1 aromatic heterocycles. The number of fused-ring (bicyclic) bond motifs is 2. The summed E-state index contributed by atoms with van der Waals surface area (Å²) in [6.45, 7) is 4.53. The predicted molar refractivity (Wildman–Crippen MR) is 156 cm³/mol. The van der Waals surface area contributed by atoms with Crippen molar-refractivity contribution in [1.82, 2.24) is 8.87 Å². The van der Waals surface area contributed by atoms with Gasteiger partial charge in [0.1, 0.15) is 12.4 Å². The van der Waals surface area contributed by atoms with E-state index in [0.29, 0.717) is 56.3 Å². The number of para-hydroxylation sites is 1. The number of anilines is 1. The van der Waals surface area contributed by atoms with Crippen LogP contribution in [0.2, 0.25) is 0 Å². The van der Waals surface area contributed by atoms with E-state index in [1.54, 1.807) is 30.1 Å². The van der Waals surface area contributed by atoms with Gasteiger partial charge in [-0.1, -0.05) is 35.9 Å². The lowest BCUT2D eigenvalue weighted by Gasteiger charge is -2.26. The van der Waals surface area contributed by atoms with E-state index in [-0.39, 0.29) is 10.8 Å². The number of aromatic nitrogens is 1. The Morgan fingerprint density at radius 1 is 1.00 bits per heavy atom. The predicted octanol–water partition coefficient (Wildman–Crippen LogP) is 4.57. The maximum atomic E-state index is 13.4. The number of rotatable bonds is 7. The summed E-state index contributed by atoms with van der Waals surface area (Å²) < 4.78 is 41.6. The number of carbonyl (C=O) groups excluding carboxylic acids is 1. The van der Waals surface area contributed by atoms with Crippen molar-refractivity contribution in [2.45, 2.75) is 18.4 Å². The number of hydrogen-bond donors (Lipinski definition) is 0. The average Bonchev–Trinajstić information content (AvgIpc) is 3.44. The molecule has 0 bridgehead atoms. The van der Waals surface area contributed by atoms with Gasteiger partial charge in [0.05, 0.1) is 30.3 Å². The molecule has 0 N–H and O–H groups in total. The number of carbonyl (C=O) groups is 1. The number of sulfonamides is 1. The van der Waals surface area contributed by atoms with Crippen LogP contribution < -0.4 is 9.64 Å². The van der Waals surface area contributed by atoms with Crippen LogP contribution in [0.3, 0.4) is 0 Å². The van der Waals surface area contributed by atoms with Gasteiger partial charge in [0.2, 0.25) is 10.0 Å². The first-order chi connectivity index (χ1) is 19.3. The van der Waals surface area contributed by atoms with E-state index in [4.69, 9.17) is 9.47 Å². The van der Waals surface area contributed by atoms with Crippen molar-refractivity contribution >= 4 is 44.2 Å². The first-order valence-corrected chi connectivity index (χ1v) is 14.8. The lowest BCUT2D eigenvalue weighted by molar-refractivity contribution is -0.112. The van der Waals surface area contributed by atoms with Gasteiger partial charge < -0.3 is 18.9 Å². The van der Waals surface area contributed by atoms with E-state index in [9.17, 15) is 13.2 Å². The molecule has 0 aliphatic carbocycles. The van der Waals surface area contributed by atoms with E-state index in [0.717, 1.165) is 22.2 Å². The fourth-order valence-corrected chi connectivity index (χ4v) is 6.73. The van der Waals surface area contributed by atoms with Gasteiger partial charge in [0.15, 0.2) is 0 Å². The molecule has 40 heavy (non-hydrogen) atoms.